The molecule has 8 heteroatoms. The van der Waals surface area contributed by atoms with Crippen LogP contribution in [0.1, 0.15) is 40.5 Å². The molecule has 0 aliphatic carbocycles. The lowest BCUT2D eigenvalue weighted by Gasteiger charge is -2.39. The van der Waals surface area contributed by atoms with Gasteiger partial charge in [-0.1, -0.05) is 47.5 Å². The summed E-state index contributed by atoms with van der Waals surface area (Å²) < 4.78 is 1.46. The molecular weight excluding hydrogens is 425 g/mol. The number of carbonyl (C=O) groups excluding carboxylic acids is 1. The molecule has 1 aliphatic rings. The fourth-order valence-electron chi connectivity index (χ4n) is 4.00. The summed E-state index contributed by atoms with van der Waals surface area (Å²) in [5, 5.41) is 15.8. The van der Waals surface area contributed by atoms with Crippen LogP contribution in [0.4, 0.5) is 0 Å². The molecule has 154 valence electrons. The number of hydrogen-bond donors (Lipinski definition) is 1. The fraction of sp³-hybridized carbons (Fsp3) is 0.227. The van der Waals surface area contributed by atoms with Crippen molar-refractivity contribution in [1.29, 1.82) is 0 Å². The number of aromatic nitrogens is 2. The standard InChI is InChI=1S/C22H19Cl2N3O3/c1-2-26-12-17(27-20(22(26)30)21(29)18(28)11-25-27)19(13-5-3-7-15(23)9-13)14-6-4-8-16(24)10-14/h3-11,17,19,29H,2,12H2,1H3/t17-/m1/s1. The Labute approximate surface area is 183 Å². The highest BCUT2D eigenvalue weighted by Gasteiger charge is 2.39. The number of halogens is 2. The van der Waals surface area contributed by atoms with Gasteiger partial charge in [0.2, 0.25) is 5.43 Å². The molecule has 3 aromatic rings. The predicted molar refractivity (Wildman–Crippen MR) is 116 cm³/mol. The molecule has 30 heavy (non-hydrogen) atoms. The van der Waals surface area contributed by atoms with Crippen molar-refractivity contribution in [3.8, 4) is 5.75 Å². The van der Waals surface area contributed by atoms with E-state index in [1.807, 2.05) is 43.3 Å². The molecule has 4 rings (SSSR count). The molecule has 1 atom stereocenters. The van der Waals surface area contributed by atoms with Gasteiger partial charge in [0.15, 0.2) is 11.4 Å². The molecule has 6 nitrogen and oxygen atoms in total. The van der Waals surface area contributed by atoms with E-state index in [0.717, 1.165) is 17.3 Å². The van der Waals surface area contributed by atoms with Gasteiger partial charge >= 0.3 is 0 Å². The van der Waals surface area contributed by atoms with Gasteiger partial charge < -0.3 is 10.0 Å². The lowest BCUT2D eigenvalue weighted by molar-refractivity contribution is 0.0646. The van der Waals surface area contributed by atoms with E-state index >= 15 is 0 Å². The van der Waals surface area contributed by atoms with E-state index in [2.05, 4.69) is 5.10 Å². The van der Waals surface area contributed by atoms with Crippen LogP contribution in [0.3, 0.4) is 0 Å². The quantitative estimate of drug-likeness (QED) is 0.658. The van der Waals surface area contributed by atoms with Gasteiger partial charge in [0.05, 0.1) is 12.2 Å². The Bertz CT molecular complexity index is 1130. The summed E-state index contributed by atoms with van der Waals surface area (Å²) in [4.78, 5) is 26.5. The highest BCUT2D eigenvalue weighted by molar-refractivity contribution is 6.31. The van der Waals surface area contributed by atoms with Gasteiger partial charge in [-0.05, 0) is 42.3 Å². The van der Waals surface area contributed by atoms with E-state index in [1.165, 1.54) is 4.68 Å². The molecule has 2 aromatic carbocycles. The van der Waals surface area contributed by atoms with E-state index in [-0.39, 0.29) is 17.7 Å². The first-order chi connectivity index (χ1) is 14.4. The van der Waals surface area contributed by atoms with Gasteiger partial charge in [0.25, 0.3) is 5.91 Å². The average molecular weight is 444 g/mol. The first kappa shape index (κ1) is 20.4. The third kappa shape index (κ3) is 3.57. The van der Waals surface area contributed by atoms with Crippen LogP contribution in [0.15, 0.2) is 59.5 Å². The van der Waals surface area contributed by atoms with Crippen molar-refractivity contribution < 1.29 is 9.90 Å². The summed E-state index contributed by atoms with van der Waals surface area (Å²) in [6, 6.07) is 14.5. The number of hydrogen-bond acceptors (Lipinski definition) is 4. The second-order valence-corrected chi connectivity index (χ2v) is 8.02. The maximum atomic E-state index is 12.9. The number of amides is 1. The molecule has 1 aromatic heterocycles. The SMILES string of the molecule is CCN1C[C@H](C(c2cccc(Cl)c2)c2cccc(Cl)c2)n2ncc(=O)c(O)c2C1=O. The predicted octanol–water partition coefficient (Wildman–Crippen LogP) is 4.10. The number of likely N-dealkylation sites (N-methyl/N-ethyl adjacent to an activating group) is 1. The number of fused-ring (bicyclic) bond motifs is 1. The van der Waals surface area contributed by atoms with Gasteiger partial charge in [-0.15, -0.1) is 0 Å². The third-order valence-electron chi connectivity index (χ3n) is 5.38. The Hall–Kier alpha value is -2.83. The van der Waals surface area contributed by atoms with Crippen LogP contribution >= 0.6 is 23.2 Å². The molecule has 0 saturated heterocycles. The normalized spacial score (nSPS) is 16.1. The zero-order valence-corrected chi connectivity index (χ0v) is 17.6. The van der Waals surface area contributed by atoms with Gasteiger partial charge in [-0.2, -0.15) is 5.10 Å². The third-order valence-corrected chi connectivity index (χ3v) is 5.85. The number of benzene rings is 2. The molecule has 1 amide bonds. The average Bonchev–Trinajstić information content (AvgIpc) is 2.72. The highest BCUT2D eigenvalue weighted by atomic mass is 35.5. The van der Waals surface area contributed by atoms with Crippen molar-refractivity contribution >= 4 is 29.1 Å². The monoisotopic (exact) mass is 443 g/mol. The van der Waals surface area contributed by atoms with Crippen LogP contribution in [0, 0.1) is 0 Å². The zero-order chi connectivity index (χ0) is 21.4. The van der Waals surface area contributed by atoms with Crippen molar-refractivity contribution in [2.75, 3.05) is 13.1 Å². The largest absolute Gasteiger partial charge is 0.502 e. The fourth-order valence-corrected chi connectivity index (χ4v) is 4.40. The summed E-state index contributed by atoms with van der Waals surface area (Å²) >= 11 is 12.6. The van der Waals surface area contributed by atoms with Gasteiger partial charge in [-0.3, -0.25) is 14.3 Å². The van der Waals surface area contributed by atoms with Crippen molar-refractivity contribution in [1.82, 2.24) is 14.7 Å². The van der Waals surface area contributed by atoms with E-state index in [0.29, 0.717) is 23.1 Å². The first-order valence-corrected chi connectivity index (χ1v) is 10.3. The molecule has 1 aliphatic heterocycles. The number of aromatic hydroxyl groups is 1. The highest BCUT2D eigenvalue weighted by Crippen LogP contribution is 2.40. The minimum absolute atomic E-state index is 0.102. The smallest absolute Gasteiger partial charge is 0.276 e. The van der Waals surface area contributed by atoms with Gasteiger partial charge in [0.1, 0.15) is 0 Å². The number of nitrogens with zero attached hydrogens (tertiary/aromatic N) is 3. The molecule has 0 fully saturated rings. The summed E-state index contributed by atoms with van der Waals surface area (Å²) in [5.74, 6) is -1.29. The summed E-state index contributed by atoms with van der Waals surface area (Å²) in [7, 11) is 0. The minimum Gasteiger partial charge on any atom is -0.502 e. The minimum atomic E-state index is -0.687. The van der Waals surface area contributed by atoms with Gasteiger partial charge in [0, 0.05) is 29.1 Å². The van der Waals surface area contributed by atoms with Gasteiger partial charge in [-0.25, -0.2) is 0 Å². The molecule has 0 bridgehead atoms. The number of rotatable bonds is 4. The molecule has 0 saturated carbocycles. The Balaban J connectivity index is 1.97. The molecule has 2 heterocycles. The van der Waals surface area contributed by atoms with Crippen LogP contribution < -0.4 is 5.43 Å². The maximum absolute atomic E-state index is 12.9. The van der Waals surface area contributed by atoms with Crippen molar-refractivity contribution in [2.24, 2.45) is 0 Å². The van der Waals surface area contributed by atoms with Crippen LogP contribution in [-0.2, 0) is 0 Å². The molecule has 0 unspecified atom stereocenters. The lowest BCUT2D eigenvalue weighted by atomic mass is 9.83. The van der Waals surface area contributed by atoms with Crippen LogP contribution in [0.25, 0.3) is 0 Å². The Kier molecular flexibility index (Phi) is 5.54. The molecular formula is C22H19Cl2N3O3. The maximum Gasteiger partial charge on any atom is 0.276 e. The number of carbonyl (C=O) groups is 1. The molecule has 0 radical (unpaired) electrons. The van der Waals surface area contributed by atoms with E-state index in [1.54, 1.807) is 17.0 Å². The summed E-state index contributed by atoms with van der Waals surface area (Å²) in [6.07, 6.45) is 1.04. The van der Waals surface area contributed by atoms with E-state index < -0.39 is 17.1 Å². The molecule has 0 spiro atoms. The second-order valence-electron chi connectivity index (χ2n) is 7.15. The second kappa shape index (κ2) is 8.13. The zero-order valence-electron chi connectivity index (χ0n) is 16.1. The Morgan fingerprint density at radius 2 is 1.70 bits per heavy atom. The van der Waals surface area contributed by atoms with Crippen molar-refractivity contribution in [3.63, 3.8) is 0 Å². The first-order valence-electron chi connectivity index (χ1n) is 9.51. The van der Waals surface area contributed by atoms with Crippen LogP contribution in [-0.4, -0.2) is 38.8 Å². The Morgan fingerprint density at radius 3 is 2.23 bits per heavy atom. The lowest BCUT2D eigenvalue weighted by Crippen LogP contribution is -2.46. The topological polar surface area (TPSA) is 75.4 Å². The van der Waals surface area contributed by atoms with Crippen LogP contribution in [0.5, 0.6) is 5.75 Å². The molecule has 1 N–H and O–H groups in total. The van der Waals surface area contributed by atoms with E-state index in [4.69, 9.17) is 23.2 Å². The van der Waals surface area contributed by atoms with E-state index in [9.17, 15) is 14.7 Å². The van der Waals surface area contributed by atoms with Crippen LogP contribution in [0.2, 0.25) is 10.0 Å². The summed E-state index contributed by atoms with van der Waals surface area (Å²) in [5.41, 5.74) is 1.03. The van der Waals surface area contributed by atoms with Crippen molar-refractivity contribution in [2.45, 2.75) is 18.9 Å². The summed E-state index contributed by atoms with van der Waals surface area (Å²) in [6.45, 7) is 2.63. The Morgan fingerprint density at radius 1 is 1.10 bits per heavy atom. The van der Waals surface area contributed by atoms with Crippen molar-refractivity contribution in [3.05, 3.63) is 91.8 Å².